The number of aryl methyl sites for hydroxylation is 2. The molecule has 5 nitrogen and oxygen atoms in total. The molecule has 2 rings (SSSR count). The third-order valence-corrected chi connectivity index (χ3v) is 3.09. The van der Waals surface area contributed by atoms with Crippen LogP contribution in [0.4, 0.5) is 5.69 Å². The van der Waals surface area contributed by atoms with Gasteiger partial charge in [-0.2, -0.15) is 5.10 Å². The highest BCUT2D eigenvalue weighted by Gasteiger charge is 2.17. The summed E-state index contributed by atoms with van der Waals surface area (Å²) in [6, 6.07) is 7.62. The Kier molecular flexibility index (Phi) is 3.29. The van der Waals surface area contributed by atoms with E-state index in [1.807, 2.05) is 44.1 Å². The van der Waals surface area contributed by atoms with Gasteiger partial charge in [-0.3, -0.25) is 4.68 Å². The Labute approximate surface area is 112 Å². The lowest BCUT2D eigenvalue weighted by Gasteiger charge is -2.19. The van der Waals surface area contributed by atoms with E-state index in [0.29, 0.717) is 0 Å². The summed E-state index contributed by atoms with van der Waals surface area (Å²) >= 11 is 0. The fraction of sp³-hybridized carbons (Fsp3) is 0.286. The van der Waals surface area contributed by atoms with Gasteiger partial charge in [0.2, 0.25) is 0 Å². The van der Waals surface area contributed by atoms with Crippen LogP contribution >= 0.6 is 0 Å². The third kappa shape index (κ3) is 2.31. The van der Waals surface area contributed by atoms with E-state index < -0.39 is 5.97 Å². The Bertz CT molecular complexity index is 630. The molecule has 0 aliphatic heterocycles. The Morgan fingerprint density at radius 1 is 1.37 bits per heavy atom. The van der Waals surface area contributed by atoms with Gasteiger partial charge >= 0.3 is 5.97 Å². The van der Waals surface area contributed by atoms with Gasteiger partial charge in [0.05, 0.1) is 5.69 Å². The van der Waals surface area contributed by atoms with Crippen LogP contribution < -0.4 is 4.90 Å². The lowest BCUT2D eigenvalue weighted by Crippen LogP contribution is -2.11. The Hall–Kier alpha value is -2.30. The maximum absolute atomic E-state index is 11.0. The monoisotopic (exact) mass is 259 g/mol. The van der Waals surface area contributed by atoms with E-state index in [-0.39, 0.29) is 5.69 Å². The number of aromatic nitrogens is 2. The van der Waals surface area contributed by atoms with E-state index in [2.05, 4.69) is 5.10 Å². The zero-order valence-corrected chi connectivity index (χ0v) is 11.5. The van der Waals surface area contributed by atoms with Gasteiger partial charge in [0.1, 0.15) is 0 Å². The molecule has 0 aliphatic rings. The molecule has 0 fully saturated rings. The molecule has 1 aromatic heterocycles. The van der Waals surface area contributed by atoms with Crippen LogP contribution in [0.3, 0.4) is 0 Å². The summed E-state index contributed by atoms with van der Waals surface area (Å²) in [4.78, 5) is 13.0. The molecule has 5 heteroatoms. The first kappa shape index (κ1) is 13.1. The zero-order chi connectivity index (χ0) is 14.2. The predicted octanol–water partition coefficient (Wildman–Crippen LogP) is 2.16. The van der Waals surface area contributed by atoms with E-state index in [4.69, 9.17) is 5.11 Å². The maximum Gasteiger partial charge on any atom is 0.356 e. The van der Waals surface area contributed by atoms with E-state index in [9.17, 15) is 4.79 Å². The summed E-state index contributed by atoms with van der Waals surface area (Å²) in [5.74, 6) is -1.01. The minimum atomic E-state index is -1.01. The highest BCUT2D eigenvalue weighted by Crippen LogP contribution is 2.33. The van der Waals surface area contributed by atoms with Crippen LogP contribution in [0, 0.1) is 6.92 Å². The molecule has 0 saturated carbocycles. The van der Waals surface area contributed by atoms with Crippen molar-refractivity contribution in [2.75, 3.05) is 19.0 Å². The molecular formula is C14H17N3O2. The summed E-state index contributed by atoms with van der Waals surface area (Å²) in [5.41, 5.74) is 4.01. The van der Waals surface area contributed by atoms with Gasteiger partial charge in [0.15, 0.2) is 5.69 Å². The highest BCUT2D eigenvalue weighted by atomic mass is 16.4. The van der Waals surface area contributed by atoms with Gasteiger partial charge in [0.25, 0.3) is 0 Å². The van der Waals surface area contributed by atoms with Gasteiger partial charge < -0.3 is 10.0 Å². The second-order valence-electron chi connectivity index (χ2n) is 4.71. The number of carboxylic acid groups (broad SMARTS) is 1. The van der Waals surface area contributed by atoms with Crippen LogP contribution in [0.5, 0.6) is 0 Å². The molecule has 0 saturated heterocycles. The lowest BCUT2D eigenvalue weighted by molar-refractivity contribution is 0.0689. The number of nitrogens with zero attached hydrogens (tertiary/aromatic N) is 3. The first-order valence-corrected chi connectivity index (χ1v) is 5.96. The maximum atomic E-state index is 11.0. The van der Waals surface area contributed by atoms with Gasteiger partial charge in [-0.05, 0) is 24.6 Å². The third-order valence-electron chi connectivity index (χ3n) is 3.09. The van der Waals surface area contributed by atoms with Crippen molar-refractivity contribution in [2.45, 2.75) is 6.92 Å². The molecule has 0 amide bonds. The van der Waals surface area contributed by atoms with Crippen molar-refractivity contribution in [3.8, 4) is 11.3 Å². The quantitative estimate of drug-likeness (QED) is 0.917. The van der Waals surface area contributed by atoms with Crippen molar-refractivity contribution < 1.29 is 9.90 Å². The standard InChI is InChI=1S/C14H17N3O2/c1-9-6-5-7-11(16(2)3)13(9)12-8-10(14(18)19)15-17(12)4/h5-8H,1-4H3,(H,18,19). The molecule has 0 unspecified atom stereocenters. The van der Waals surface area contributed by atoms with Crippen LogP contribution in [0.25, 0.3) is 11.3 Å². The molecule has 1 heterocycles. The number of benzene rings is 1. The van der Waals surface area contributed by atoms with Gasteiger partial charge in [-0.15, -0.1) is 0 Å². The number of hydrogen-bond acceptors (Lipinski definition) is 3. The summed E-state index contributed by atoms with van der Waals surface area (Å²) < 4.78 is 1.61. The molecule has 0 atom stereocenters. The Balaban J connectivity index is 2.68. The molecule has 0 radical (unpaired) electrons. The Morgan fingerprint density at radius 2 is 2.05 bits per heavy atom. The minimum Gasteiger partial charge on any atom is -0.476 e. The number of anilines is 1. The molecule has 0 aliphatic carbocycles. The van der Waals surface area contributed by atoms with Crippen LogP contribution in [0.15, 0.2) is 24.3 Å². The van der Waals surface area contributed by atoms with Crippen LogP contribution in [-0.4, -0.2) is 35.0 Å². The van der Waals surface area contributed by atoms with Crippen LogP contribution in [0.1, 0.15) is 16.1 Å². The highest BCUT2D eigenvalue weighted by molar-refractivity contribution is 5.88. The summed E-state index contributed by atoms with van der Waals surface area (Å²) in [7, 11) is 5.69. The van der Waals surface area contributed by atoms with Crippen molar-refractivity contribution in [1.29, 1.82) is 0 Å². The predicted molar refractivity (Wildman–Crippen MR) is 74.7 cm³/mol. The summed E-state index contributed by atoms with van der Waals surface area (Å²) in [5, 5.41) is 13.1. The van der Waals surface area contributed by atoms with Crippen LogP contribution in [0.2, 0.25) is 0 Å². The van der Waals surface area contributed by atoms with Crippen molar-refractivity contribution in [3.63, 3.8) is 0 Å². The molecule has 2 aromatic rings. The van der Waals surface area contributed by atoms with Crippen molar-refractivity contribution in [2.24, 2.45) is 7.05 Å². The topological polar surface area (TPSA) is 58.4 Å². The molecular weight excluding hydrogens is 242 g/mol. The fourth-order valence-electron chi connectivity index (χ4n) is 2.16. The molecule has 19 heavy (non-hydrogen) atoms. The second kappa shape index (κ2) is 4.76. The van der Waals surface area contributed by atoms with Gasteiger partial charge in [-0.1, -0.05) is 12.1 Å². The van der Waals surface area contributed by atoms with E-state index in [1.165, 1.54) is 0 Å². The van der Waals surface area contributed by atoms with E-state index in [0.717, 1.165) is 22.5 Å². The first-order chi connectivity index (χ1) is 8.91. The largest absolute Gasteiger partial charge is 0.476 e. The average Bonchev–Trinajstić information content (AvgIpc) is 2.71. The fourth-order valence-corrected chi connectivity index (χ4v) is 2.16. The number of carbonyl (C=O) groups is 1. The molecule has 100 valence electrons. The van der Waals surface area contributed by atoms with Crippen LogP contribution in [-0.2, 0) is 7.05 Å². The number of hydrogen-bond donors (Lipinski definition) is 1. The average molecular weight is 259 g/mol. The molecule has 0 bridgehead atoms. The molecule has 0 spiro atoms. The van der Waals surface area contributed by atoms with Gasteiger partial charge in [-0.25, -0.2) is 4.79 Å². The van der Waals surface area contributed by atoms with E-state index in [1.54, 1.807) is 17.8 Å². The number of carboxylic acids is 1. The van der Waals surface area contributed by atoms with Crippen molar-refractivity contribution in [1.82, 2.24) is 9.78 Å². The van der Waals surface area contributed by atoms with Gasteiger partial charge in [0, 0.05) is 32.4 Å². The Morgan fingerprint density at radius 3 is 2.58 bits per heavy atom. The summed E-state index contributed by atoms with van der Waals surface area (Å²) in [6.07, 6.45) is 0. The smallest absolute Gasteiger partial charge is 0.356 e. The number of aromatic carboxylic acids is 1. The second-order valence-corrected chi connectivity index (χ2v) is 4.71. The van der Waals surface area contributed by atoms with E-state index >= 15 is 0 Å². The summed E-state index contributed by atoms with van der Waals surface area (Å²) in [6.45, 7) is 2.01. The minimum absolute atomic E-state index is 0.0606. The SMILES string of the molecule is Cc1cccc(N(C)C)c1-c1cc(C(=O)O)nn1C. The molecule has 1 N–H and O–H groups in total. The zero-order valence-electron chi connectivity index (χ0n) is 11.5. The number of rotatable bonds is 3. The molecule has 1 aromatic carbocycles. The van der Waals surface area contributed by atoms with Crippen molar-refractivity contribution >= 4 is 11.7 Å². The first-order valence-electron chi connectivity index (χ1n) is 5.96. The normalized spacial score (nSPS) is 10.5. The van der Waals surface area contributed by atoms with Crippen molar-refractivity contribution in [3.05, 3.63) is 35.5 Å². The lowest BCUT2D eigenvalue weighted by atomic mass is 10.0.